The molecule has 8 heteroatoms. The number of nitrogen functional groups attached to an aromatic ring is 1. The summed E-state index contributed by atoms with van der Waals surface area (Å²) in [7, 11) is 0. The predicted molar refractivity (Wildman–Crippen MR) is 104 cm³/mol. The number of carbonyl (C=O) groups excluding carboxylic acids is 2. The molecule has 1 unspecified atom stereocenters. The van der Waals surface area contributed by atoms with Gasteiger partial charge in [0, 0.05) is 25.2 Å². The molecule has 0 radical (unpaired) electrons. The fourth-order valence-corrected chi connectivity index (χ4v) is 3.62. The number of rotatable bonds is 3. The highest BCUT2D eigenvalue weighted by molar-refractivity contribution is 6.05. The number of amides is 2. The number of hydrogen-bond donors (Lipinski definition) is 3. The second kappa shape index (κ2) is 6.86. The summed E-state index contributed by atoms with van der Waals surface area (Å²) in [6.07, 6.45) is 2.17. The summed E-state index contributed by atoms with van der Waals surface area (Å²) >= 11 is 0. The van der Waals surface area contributed by atoms with Crippen molar-refractivity contribution in [1.29, 1.82) is 0 Å². The molecule has 0 aliphatic carbocycles. The molecule has 2 aliphatic heterocycles. The molecule has 3 heterocycles. The van der Waals surface area contributed by atoms with Crippen molar-refractivity contribution in [2.75, 3.05) is 34.4 Å². The van der Waals surface area contributed by atoms with Crippen LogP contribution in [0.4, 0.5) is 23.3 Å². The Kier molecular flexibility index (Phi) is 4.39. The first kappa shape index (κ1) is 17.3. The number of hydrogen-bond acceptors (Lipinski definition) is 6. The van der Waals surface area contributed by atoms with Crippen LogP contribution in [0.2, 0.25) is 0 Å². The van der Waals surface area contributed by atoms with Crippen LogP contribution in [0.3, 0.4) is 0 Å². The van der Waals surface area contributed by atoms with E-state index in [1.54, 1.807) is 0 Å². The van der Waals surface area contributed by atoms with Gasteiger partial charge in [-0.2, -0.15) is 9.97 Å². The Balaban J connectivity index is 1.65. The lowest BCUT2D eigenvalue weighted by Gasteiger charge is -2.26. The maximum absolute atomic E-state index is 12.9. The molecule has 4 N–H and O–H groups in total. The van der Waals surface area contributed by atoms with Gasteiger partial charge in [0.05, 0.1) is 11.5 Å². The zero-order valence-corrected chi connectivity index (χ0v) is 15.2. The molecule has 0 spiro atoms. The highest BCUT2D eigenvalue weighted by atomic mass is 16.2. The average molecular weight is 366 g/mol. The van der Waals surface area contributed by atoms with Crippen molar-refractivity contribution in [3.63, 3.8) is 0 Å². The maximum atomic E-state index is 12.9. The molecule has 2 aliphatic rings. The second-order valence-corrected chi connectivity index (χ2v) is 7.03. The number of aryl methyl sites for hydroxylation is 1. The van der Waals surface area contributed by atoms with E-state index in [9.17, 15) is 9.59 Å². The van der Waals surface area contributed by atoms with Gasteiger partial charge in [-0.05, 0) is 37.5 Å². The quantitative estimate of drug-likeness (QED) is 0.766. The Morgan fingerprint density at radius 1 is 1.30 bits per heavy atom. The van der Waals surface area contributed by atoms with E-state index in [4.69, 9.17) is 5.73 Å². The summed E-state index contributed by atoms with van der Waals surface area (Å²) < 4.78 is 0. The molecule has 1 aromatic carbocycles. The third-order valence-corrected chi connectivity index (χ3v) is 4.95. The van der Waals surface area contributed by atoms with Crippen LogP contribution >= 0.6 is 0 Å². The molecule has 27 heavy (non-hydrogen) atoms. The van der Waals surface area contributed by atoms with E-state index in [0.29, 0.717) is 23.0 Å². The zero-order chi connectivity index (χ0) is 19.0. The van der Waals surface area contributed by atoms with Gasteiger partial charge in [0.25, 0.3) is 0 Å². The molecular formula is C19H22N6O2. The molecule has 2 aromatic rings. The van der Waals surface area contributed by atoms with Crippen LogP contribution in [0, 0.1) is 6.92 Å². The van der Waals surface area contributed by atoms with Crippen LogP contribution in [0.5, 0.6) is 0 Å². The molecule has 140 valence electrons. The molecule has 1 atom stereocenters. The monoisotopic (exact) mass is 366 g/mol. The minimum Gasteiger partial charge on any atom is -0.383 e. The molecule has 1 aromatic heterocycles. The first-order chi connectivity index (χ1) is 13.0. The van der Waals surface area contributed by atoms with Crippen LogP contribution in [-0.4, -0.2) is 34.9 Å². The topological polar surface area (TPSA) is 113 Å². The van der Waals surface area contributed by atoms with Gasteiger partial charge in [-0.25, -0.2) is 0 Å². The number of carbonyl (C=O) groups is 2. The van der Waals surface area contributed by atoms with Crippen molar-refractivity contribution in [3.05, 3.63) is 35.4 Å². The van der Waals surface area contributed by atoms with E-state index < -0.39 is 5.92 Å². The summed E-state index contributed by atoms with van der Waals surface area (Å²) in [5.74, 6) is -0.180. The molecular weight excluding hydrogens is 344 g/mol. The summed E-state index contributed by atoms with van der Waals surface area (Å²) in [6, 6.07) is 7.50. The van der Waals surface area contributed by atoms with E-state index in [0.717, 1.165) is 31.5 Å². The van der Waals surface area contributed by atoms with Crippen LogP contribution in [0.25, 0.3) is 0 Å². The van der Waals surface area contributed by atoms with E-state index in [1.165, 1.54) is 0 Å². The average Bonchev–Trinajstić information content (AvgIpc) is 3.15. The summed E-state index contributed by atoms with van der Waals surface area (Å²) in [5.41, 5.74) is 8.40. The molecule has 8 nitrogen and oxygen atoms in total. The number of nitrogens with zero attached hydrogens (tertiary/aromatic N) is 3. The lowest BCUT2D eigenvalue weighted by Crippen LogP contribution is -2.33. The van der Waals surface area contributed by atoms with Gasteiger partial charge in [-0.1, -0.05) is 12.1 Å². The van der Waals surface area contributed by atoms with Gasteiger partial charge >= 0.3 is 0 Å². The van der Waals surface area contributed by atoms with E-state index in [2.05, 4.69) is 20.6 Å². The largest absolute Gasteiger partial charge is 0.383 e. The van der Waals surface area contributed by atoms with Crippen molar-refractivity contribution in [3.8, 4) is 0 Å². The van der Waals surface area contributed by atoms with Gasteiger partial charge in [0.1, 0.15) is 11.6 Å². The Labute approximate surface area is 157 Å². The van der Waals surface area contributed by atoms with Crippen molar-refractivity contribution < 1.29 is 9.59 Å². The number of aromatic nitrogens is 2. The smallest absolute Gasteiger partial charge is 0.232 e. The van der Waals surface area contributed by atoms with Gasteiger partial charge in [-0.15, -0.1) is 0 Å². The van der Waals surface area contributed by atoms with Crippen molar-refractivity contribution in [2.24, 2.45) is 0 Å². The van der Waals surface area contributed by atoms with Gasteiger partial charge in [-0.3, -0.25) is 9.59 Å². The zero-order valence-electron chi connectivity index (χ0n) is 15.2. The van der Waals surface area contributed by atoms with E-state index in [1.807, 2.05) is 36.1 Å². The van der Waals surface area contributed by atoms with Gasteiger partial charge < -0.3 is 21.3 Å². The normalized spacial score (nSPS) is 18.8. The Morgan fingerprint density at radius 3 is 2.81 bits per heavy atom. The second-order valence-electron chi connectivity index (χ2n) is 7.03. The van der Waals surface area contributed by atoms with Crippen LogP contribution in [0.1, 0.15) is 36.3 Å². The van der Waals surface area contributed by atoms with E-state index >= 15 is 0 Å². The Morgan fingerprint density at radius 2 is 2.07 bits per heavy atom. The molecule has 0 saturated carbocycles. The minimum atomic E-state index is -0.720. The summed E-state index contributed by atoms with van der Waals surface area (Å²) in [4.78, 5) is 36.0. The molecule has 0 bridgehead atoms. The van der Waals surface area contributed by atoms with Gasteiger partial charge in [0.2, 0.25) is 17.8 Å². The Bertz CT molecular complexity index is 907. The number of nitrogens with two attached hydrogens (primary N) is 1. The molecule has 1 saturated heterocycles. The minimum absolute atomic E-state index is 0.0151. The van der Waals surface area contributed by atoms with Crippen LogP contribution in [0.15, 0.2) is 24.3 Å². The lowest BCUT2D eigenvalue weighted by atomic mass is 9.92. The SMILES string of the molecule is Cc1cccc(NC(=O)C2CC(=O)Nc3nc(N4CCCC4)nc(N)c32)c1. The highest BCUT2D eigenvalue weighted by Gasteiger charge is 2.35. The number of benzene rings is 1. The first-order valence-corrected chi connectivity index (χ1v) is 9.11. The van der Waals surface area contributed by atoms with Gasteiger partial charge in [0.15, 0.2) is 0 Å². The Hall–Kier alpha value is -3.16. The predicted octanol–water partition coefficient (Wildman–Crippen LogP) is 2.03. The van der Waals surface area contributed by atoms with Crippen molar-refractivity contribution in [1.82, 2.24) is 9.97 Å². The number of nitrogens with one attached hydrogen (secondary N) is 2. The first-order valence-electron chi connectivity index (χ1n) is 9.11. The molecule has 4 rings (SSSR count). The number of anilines is 4. The molecule has 1 fully saturated rings. The fourth-order valence-electron chi connectivity index (χ4n) is 3.62. The molecule has 2 amide bonds. The standard InChI is InChI=1S/C19H22N6O2/c1-11-5-4-6-12(9-11)21-18(27)13-10-14(26)22-17-15(13)16(20)23-19(24-17)25-7-2-3-8-25/h4-6,9,13H,2-3,7-8,10H2,1H3,(H,21,27)(H3,20,22,23,24,26). The summed E-state index contributed by atoms with van der Waals surface area (Å²) in [5, 5.41) is 5.62. The number of fused-ring (bicyclic) bond motifs is 1. The maximum Gasteiger partial charge on any atom is 0.232 e. The van der Waals surface area contributed by atoms with Crippen LogP contribution in [-0.2, 0) is 9.59 Å². The van der Waals surface area contributed by atoms with E-state index in [-0.39, 0.29) is 24.1 Å². The lowest BCUT2D eigenvalue weighted by molar-refractivity contribution is -0.123. The highest BCUT2D eigenvalue weighted by Crippen LogP contribution is 2.37. The van der Waals surface area contributed by atoms with Crippen molar-refractivity contribution in [2.45, 2.75) is 32.1 Å². The third-order valence-electron chi connectivity index (χ3n) is 4.95. The third kappa shape index (κ3) is 3.42. The van der Waals surface area contributed by atoms with Crippen LogP contribution < -0.4 is 21.3 Å². The van der Waals surface area contributed by atoms with Crippen molar-refractivity contribution >= 4 is 35.1 Å². The fraction of sp³-hybridized carbons (Fsp3) is 0.368. The summed E-state index contributed by atoms with van der Waals surface area (Å²) in [6.45, 7) is 3.68.